The van der Waals surface area contributed by atoms with Crippen LogP contribution in [-0.2, 0) is 7.05 Å². The fourth-order valence-electron chi connectivity index (χ4n) is 3.41. The van der Waals surface area contributed by atoms with E-state index in [0.29, 0.717) is 54.4 Å². The first-order chi connectivity index (χ1) is 13.2. The summed E-state index contributed by atoms with van der Waals surface area (Å²) in [5, 5.41) is 8.18. The van der Waals surface area contributed by atoms with Gasteiger partial charge in [0.05, 0.1) is 0 Å². The summed E-state index contributed by atoms with van der Waals surface area (Å²) in [6, 6.07) is 5.29. The average Bonchev–Trinajstić information content (AvgIpc) is 3.33. The van der Waals surface area contributed by atoms with E-state index >= 15 is 0 Å². The van der Waals surface area contributed by atoms with Gasteiger partial charge in [0.2, 0.25) is 6.79 Å². The third-order valence-electron chi connectivity index (χ3n) is 4.85. The number of hydrogen-bond donors (Lipinski definition) is 0. The van der Waals surface area contributed by atoms with Gasteiger partial charge in [0, 0.05) is 38.8 Å². The Labute approximate surface area is 154 Å². The molecule has 27 heavy (non-hydrogen) atoms. The van der Waals surface area contributed by atoms with Crippen molar-refractivity contribution in [2.24, 2.45) is 7.05 Å². The standard InChI is InChI=1S/C17H17N7O3/c1-22-15-14(20-21-22)16(19-9-18-15)23-4-6-24(7-5-23)17(25)11-2-3-12-13(8-11)27-10-26-12/h2-3,8-9H,4-7,10H2,1H3. The smallest absolute Gasteiger partial charge is 0.254 e. The summed E-state index contributed by atoms with van der Waals surface area (Å²) in [6.07, 6.45) is 1.52. The zero-order valence-corrected chi connectivity index (χ0v) is 14.7. The molecule has 10 heteroatoms. The molecule has 0 aliphatic carbocycles. The van der Waals surface area contributed by atoms with Crippen LogP contribution in [0.15, 0.2) is 24.5 Å². The number of carbonyl (C=O) groups excluding carboxylic acids is 1. The van der Waals surface area contributed by atoms with Gasteiger partial charge in [-0.25, -0.2) is 14.6 Å². The lowest BCUT2D eigenvalue weighted by Gasteiger charge is -2.35. The van der Waals surface area contributed by atoms with E-state index in [1.165, 1.54) is 6.33 Å². The zero-order chi connectivity index (χ0) is 18.4. The van der Waals surface area contributed by atoms with Gasteiger partial charge in [-0.05, 0) is 18.2 Å². The minimum atomic E-state index is -0.0136. The summed E-state index contributed by atoms with van der Waals surface area (Å²) >= 11 is 0. The van der Waals surface area contributed by atoms with Crippen molar-refractivity contribution in [3.63, 3.8) is 0 Å². The molecule has 0 bridgehead atoms. The Hall–Kier alpha value is -3.43. The van der Waals surface area contributed by atoms with Gasteiger partial charge in [-0.15, -0.1) is 5.10 Å². The number of carbonyl (C=O) groups is 1. The van der Waals surface area contributed by atoms with Crippen LogP contribution in [0.25, 0.3) is 11.2 Å². The molecule has 138 valence electrons. The van der Waals surface area contributed by atoms with Gasteiger partial charge >= 0.3 is 0 Å². The third kappa shape index (κ3) is 2.60. The Morgan fingerprint density at radius 1 is 1.07 bits per heavy atom. The highest BCUT2D eigenvalue weighted by Gasteiger charge is 2.26. The van der Waals surface area contributed by atoms with E-state index in [1.54, 1.807) is 29.9 Å². The third-order valence-corrected chi connectivity index (χ3v) is 4.85. The fourth-order valence-corrected chi connectivity index (χ4v) is 3.41. The van der Waals surface area contributed by atoms with Crippen LogP contribution >= 0.6 is 0 Å². The van der Waals surface area contributed by atoms with E-state index in [2.05, 4.69) is 25.2 Å². The second-order valence-corrected chi connectivity index (χ2v) is 6.43. The van der Waals surface area contributed by atoms with Crippen molar-refractivity contribution in [2.75, 3.05) is 37.9 Å². The van der Waals surface area contributed by atoms with E-state index in [9.17, 15) is 4.79 Å². The van der Waals surface area contributed by atoms with Gasteiger partial charge in [0.1, 0.15) is 6.33 Å². The Bertz CT molecular complexity index is 1030. The summed E-state index contributed by atoms with van der Waals surface area (Å²) in [5.41, 5.74) is 1.97. The van der Waals surface area contributed by atoms with Crippen LogP contribution in [0.2, 0.25) is 0 Å². The van der Waals surface area contributed by atoms with Crippen molar-refractivity contribution in [2.45, 2.75) is 0 Å². The number of fused-ring (bicyclic) bond motifs is 2. The Morgan fingerprint density at radius 3 is 2.74 bits per heavy atom. The molecule has 0 unspecified atom stereocenters. The van der Waals surface area contributed by atoms with Crippen LogP contribution in [0.5, 0.6) is 11.5 Å². The summed E-state index contributed by atoms with van der Waals surface area (Å²) < 4.78 is 12.3. The number of aryl methyl sites for hydroxylation is 1. The van der Waals surface area contributed by atoms with Crippen molar-refractivity contribution in [3.8, 4) is 11.5 Å². The van der Waals surface area contributed by atoms with Crippen molar-refractivity contribution in [3.05, 3.63) is 30.1 Å². The molecule has 10 nitrogen and oxygen atoms in total. The molecular weight excluding hydrogens is 350 g/mol. The maximum Gasteiger partial charge on any atom is 0.254 e. The highest BCUT2D eigenvalue weighted by Crippen LogP contribution is 2.33. The first-order valence-corrected chi connectivity index (χ1v) is 8.65. The molecular formula is C17H17N7O3. The quantitative estimate of drug-likeness (QED) is 0.644. The summed E-state index contributed by atoms with van der Waals surface area (Å²) in [4.78, 5) is 25.4. The molecule has 0 N–H and O–H groups in total. The molecule has 2 aliphatic rings. The second kappa shape index (κ2) is 6.08. The van der Waals surface area contributed by atoms with Crippen molar-refractivity contribution >= 4 is 22.9 Å². The van der Waals surface area contributed by atoms with Crippen LogP contribution in [0.1, 0.15) is 10.4 Å². The van der Waals surface area contributed by atoms with Crippen LogP contribution in [-0.4, -0.2) is 68.7 Å². The SMILES string of the molecule is Cn1nnc2c(N3CCN(C(=O)c4ccc5c(c4)OCO5)CC3)ncnc21. The van der Waals surface area contributed by atoms with Crippen LogP contribution in [0.4, 0.5) is 5.82 Å². The Kier molecular flexibility index (Phi) is 3.56. The van der Waals surface area contributed by atoms with Crippen molar-refractivity contribution in [1.82, 2.24) is 29.9 Å². The van der Waals surface area contributed by atoms with E-state index in [0.717, 1.165) is 5.82 Å². The summed E-state index contributed by atoms with van der Waals surface area (Å²) in [5.74, 6) is 2.03. The predicted octanol–water partition coefficient (Wildman–Crippen LogP) is 0.449. The lowest BCUT2D eigenvalue weighted by Crippen LogP contribution is -2.49. The molecule has 3 aromatic rings. The molecule has 2 aliphatic heterocycles. The fraction of sp³-hybridized carbons (Fsp3) is 0.353. The largest absolute Gasteiger partial charge is 0.454 e. The monoisotopic (exact) mass is 367 g/mol. The van der Waals surface area contributed by atoms with Crippen LogP contribution < -0.4 is 14.4 Å². The Morgan fingerprint density at radius 2 is 1.89 bits per heavy atom. The number of hydrogen-bond acceptors (Lipinski definition) is 8. The minimum Gasteiger partial charge on any atom is -0.454 e. The number of nitrogens with zero attached hydrogens (tertiary/aromatic N) is 7. The van der Waals surface area contributed by atoms with Gasteiger partial charge in [0.15, 0.2) is 28.5 Å². The first kappa shape index (κ1) is 15.8. The number of ether oxygens (including phenoxy) is 2. The predicted molar refractivity (Wildman–Crippen MR) is 94.8 cm³/mol. The van der Waals surface area contributed by atoms with E-state index in [4.69, 9.17) is 9.47 Å². The molecule has 0 radical (unpaired) electrons. The molecule has 0 spiro atoms. The number of aromatic nitrogens is 5. The molecule has 0 saturated carbocycles. The van der Waals surface area contributed by atoms with Gasteiger partial charge in [0.25, 0.3) is 5.91 Å². The molecule has 2 aromatic heterocycles. The molecule has 1 saturated heterocycles. The molecule has 1 aromatic carbocycles. The Balaban J connectivity index is 1.32. The maximum absolute atomic E-state index is 12.8. The van der Waals surface area contributed by atoms with Crippen LogP contribution in [0.3, 0.4) is 0 Å². The molecule has 5 rings (SSSR count). The van der Waals surface area contributed by atoms with Crippen LogP contribution in [0, 0.1) is 0 Å². The zero-order valence-electron chi connectivity index (χ0n) is 14.7. The average molecular weight is 367 g/mol. The highest BCUT2D eigenvalue weighted by atomic mass is 16.7. The number of amides is 1. The minimum absolute atomic E-state index is 0.0136. The summed E-state index contributed by atoms with van der Waals surface area (Å²) in [7, 11) is 1.80. The highest BCUT2D eigenvalue weighted by molar-refractivity contribution is 5.95. The maximum atomic E-state index is 12.8. The second-order valence-electron chi connectivity index (χ2n) is 6.43. The normalized spacial score (nSPS) is 16.2. The van der Waals surface area contributed by atoms with Gasteiger partial charge in [-0.2, -0.15) is 0 Å². The van der Waals surface area contributed by atoms with Gasteiger partial charge < -0.3 is 19.3 Å². The molecule has 0 atom stereocenters. The van der Waals surface area contributed by atoms with E-state index in [-0.39, 0.29) is 12.7 Å². The first-order valence-electron chi connectivity index (χ1n) is 8.65. The topological polar surface area (TPSA) is 98.5 Å². The number of piperazine rings is 1. The number of rotatable bonds is 2. The van der Waals surface area contributed by atoms with Gasteiger partial charge in [-0.1, -0.05) is 5.21 Å². The van der Waals surface area contributed by atoms with Crippen molar-refractivity contribution < 1.29 is 14.3 Å². The summed E-state index contributed by atoms with van der Waals surface area (Å²) in [6.45, 7) is 2.72. The van der Waals surface area contributed by atoms with E-state index in [1.807, 2.05) is 4.90 Å². The lowest BCUT2D eigenvalue weighted by molar-refractivity contribution is 0.0746. The molecule has 4 heterocycles. The number of benzene rings is 1. The molecule has 1 fully saturated rings. The molecule has 1 amide bonds. The lowest BCUT2D eigenvalue weighted by atomic mass is 10.1. The van der Waals surface area contributed by atoms with Gasteiger partial charge in [-0.3, -0.25) is 4.79 Å². The number of anilines is 1. The van der Waals surface area contributed by atoms with E-state index < -0.39 is 0 Å². The van der Waals surface area contributed by atoms with Crippen molar-refractivity contribution in [1.29, 1.82) is 0 Å².